The molecule has 120 valence electrons. The topological polar surface area (TPSA) is 34.0 Å². The van der Waals surface area contributed by atoms with E-state index in [9.17, 15) is 4.79 Å². The maximum Gasteiger partial charge on any atom is 0.254 e. The zero-order valence-electron chi connectivity index (χ0n) is 13.5. The number of rotatable bonds is 4. The SMILES string of the molecule is C[NH+]1CCN(C(=O)c2ccc(OCc3ccccc3)cc2)CC1. The van der Waals surface area contributed by atoms with Gasteiger partial charge in [-0.2, -0.15) is 0 Å². The van der Waals surface area contributed by atoms with Crippen LogP contribution >= 0.6 is 0 Å². The van der Waals surface area contributed by atoms with Gasteiger partial charge in [-0.1, -0.05) is 30.3 Å². The highest BCUT2D eigenvalue weighted by atomic mass is 16.5. The second kappa shape index (κ2) is 7.29. The van der Waals surface area contributed by atoms with Gasteiger partial charge in [-0.15, -0.1) is 0 Å². The fourth-order valence-electron chi connectivity index (χ4n) is 2.71. The van der Waals surface area contributed by atoms with E-state index in [0.29, 0.717) is 6.61 Å². The van der Waals surface area contributed by atoms with Gasteiger partial charge in [0.15, 0.2) is 0 Å². The second-order valence-electron chi connectivity index (χ2n) is 6.05. The van der Waals surface area contributed by atoms with E-state index in [1.54, 1.807) is 0 Å². The van der Waals surface area contributed by atoms with E-state index in [1.165, 1.54) is 4.90 Å². The van der Waals surface area contributed by atoms with E-state index in [4.69, 9.17) is 4.74 Å². The third-order valence-corrected chi connectivity index (χ3v) is 4.25. The summed E-state index contributed by atoms with van der Waals surface area (Å²) < 4.78 is 5.76. The minimum atomic E-state index is 0.118. The van der Waals surface area contributed by atoms with Crippen LogP contribution in [0.15, 0.2) is 54.6 Å². The molecule has 4 nitrogen and oxygen atoms in total. The molecule has 0 radical (unpaired) electrons. The molecule has 1 heterocycles. The van der Waals surface area contributed by atoms with Gasteiger partial charge in [-0.3, -0.25) is 4.79 Å². The number of carbonyl (C=O) groups excluding carboxylic acids is 1. The summed E-state index contributed by atoms with van der Waals surface area (Å²) in [5.74, 6) is 0.903. The number of nitrogens with one attached hydrogen (secondary N) is 1. The van der Waals surface area contributed by atoms with E-state index in [2.05, 4.69) is 7.05 Å². The molecule has 2 aromatic carbocycles. The van der Waals surface area contributed by atoms with E-state index in [1.807, 2.05) is 59.5 Å². The van der Waals surface area contributed by atoms with Crippen LogP contribution in [-0.4, -0.2) is 44.0 Å². The molecule has 0 unspecified atom stereocenters. The lowest BCUT2D eigenvalue weighted by atomic mass is 10.1. The van der Waals surface area contributed by atoms with Gasteiger partial charge in [-0.25, -0.2) is 0 Å². The molecule has 0 spiro atoms. The Hall–Kier alpha value is -2.33. The predicted octanol–water partition coefficient (Wildman–Crippen LogP) is 1.24. The van der Waals surface area contributed by atoms with Crippen LogP contribution in [0.1, 0.15) is 15.9 Å². The molecule has 1 N–H and O–H groups in total. The predicted molar refractivity (Wildman–Crippen MR) is 89.7 cm³/mol. The number of likely N-dealkylation sites (N-methyl/N-ethyl adjacent to an activating group) is 1. The third-order valence-electron chi connectivity index (χ3n) is 4.25. The number of hydrogen-bond donors (Lipinski definition) is 1. The molecule has 4 heteroatoms. The largest absolute Gasteiger partial charge is 0.489 e. The minimum absolute atomic E-state index is 0.118. The molecular weight excluding hydrogens is 288 g/mol. The fourth-order valence-corrected chi connectivity index (χ4v) is 2.71. The van der Waals surface area contributed by atoms with Crippen molar-refractivity contribution in [1.82, 2.24) is 4.90 Å². The van der Waals surface area contributed by atoms with Gasteiger partial charge in [0, 0.05) is 5.56 Å². The molecule has 2 aromatic rings. The van der Waals surface area contributed by atoms with Gasteiger partial charge >= 0.3 is 0 Å². The van der Waals surface area contributed by atoms with E-state index in [-0.39, 0.29) is 5.91 Å². The number of quaternary nitrogens is 1. The summed E-state index contributed by atoms with van der Waals surface area (Å²) in [6, 6.07) is 17.5. The van der Waals surface area contributed by atoms with Crippen molar-refractivity contribution in [2.75, 3.05) is 33.2 Å². The molecule has 0 atom stereocenters. The molecule has 3 rings (SSSR count). The Morgan fingerprint density at radius 3 is 2.35 bits per heavy atom. The monoisotopic (exact) mass is 311 g/mol. The number of amides is 1. The molecule has 23 heavy (non-hydrogen) atoms. The number of hydrogen-bond acceptors (Lipinski definition) is 2. The number of carbonyl (C=O) groups is 1. The average molecular weight is 311 g/mol. The molecule has 1 fully saturated rings. The van der Waals surface area contributed by atoms with Crippen molar-refractivity contribution in [3.05, 3.63) is 65.7 Å². The first kappa shape index (κ1) is 15.6. The summed E-state index contributed by atoms with van der Waals surface area (Å²) in [5.41, 5.74) is 1.87. The summed E-state index contributed by atoms with van der Waals surface area (Å²) in [7, 11) is 2.17. The second-order valence-corrected chi connectivity index (χ2v) is 6.05. The van der Waals surface area contributed by atoms with Crippen LogP contribution < -0.4 is 9.64 Å². The maximum atomic E-state index is 12.5. The first-order valence-electron chi connectivity index (χ1n) is 8.10. The van der Waals surface area contributed by atoms with Crippen molar-refractivity contribution >= 4 is 5.91 Å². The summed E-state index contributed by atoms with van der Waals surface area (Å²) in [6.45, 7) is 4.23. The van der Waals surface area contributed by atoms with E-state index < -0.39 is 0 Å². The highest BCUT2D eigenvalue weighted by molar-refractivity contribution is 5.94. The first-order chi connectivity index (χ1) is 11.2. The number of ether oxygens (including phenoxy) is 1. The lowest BCUT2D eigenvalue weighted by Gasteiger charge is -2.30. The van der Waals surface area contributed by atoms with Crippen LogP contribution in [0.4, 0.5) is 0 Å². The van der Waals surface area contributed by atoms with Crippen molar-refractivity contribution in [1.29, 1.82) is 0 Å². The molecule has 1 amide bonds. The Labute approximate surface area is 137 Å². The lowest BCUT2D eigenvalue weighted by Crippen LogP contribution is -3.12. The minimum Gasteiger partial charge on any atom is -0.489 e. The summed E-state index contributed by atoms with van der Waals surface area (Å²) >= 11 is 0. The van der Waals surface area contributed by atoms with Crippen LogP contribution in [0, 0.1) is 0 Å². The fraction of sp³-hybridized carbons (Fsp3) is 0.316. The van der Waals surface area contributed by atoms with Crippen LogP contribution in [0.25, 0.3) is 0 Å². The summed E-state index contributed by atoms with van der Waals surface area (Å²) in [5, 5.41) is 0. The molecule has 0 saturated carbocycles. The van der Waals surface area contributed by atoms with Crippen LogP contribution in [0.3, 0.4) is 0 Å². The Bertz CT molecular complexity index is 632. The number of benzene rings is 2. The molecule has 0 bridgehead atoms. The van der Waals surface area contributed by atoms with E-state index >= 15 is 0 Å². The van der Waals surface area contributed by atoms with Gasteiger partial charge in [-0.05, 0) is 29.8 Å². The van der Waals surface area contributed by atoms with E-state index in [0.717, 1.165) is 43.1 Å². The van der Waals surface area contributed by atoms with Crippen molar-refractivity contribution in [2.24, 2.45) is 0 Å². The maximum absolute atomic E-state index is 12.5. The highest BCUT2D eigenvalue weighted by Crippen LogP contribution is 2.15. The van der Waals surface area contributed by atoms with Crippen molar-refractivity contribution in [3.63, 3.8) is 0 Å². The zero-order valence-corrected chi connectivity index (χ0v) is 13.5. The molecule has 1 saturated heterocycles. The van der Waals surface area contributed by atoms with Crippen molar-refractivity contribution < 1.29 is 14.4 Å². The quantitative estimate of drug-likeness (QED) is 0.922. The van der Waals surface area contributed by atoms with Gasteiger partial charge in [0.1, 0.15) is 12.4 Å². The molecule has 1 aliphatic rings. The first-order valence-corrected chi connectivity index (χ1v) is 8.10. The van der Waals surface area contributed by atoms with Gasteiger partial charge < -0.3 is 14.5 Å². The average Bonchev–Trinajstić information content (AvgIpc) is 2.61. The van der Waals surface area contributed by atoms with Crippen molar-refractivity contribution in [2.45, 2.75) is 6.61 Å². The zero-order chi connectivity index (χ0) is 16.1. The summed E-state index contributed by atoms with van der Waals surface area (Å²) in [6.07, 6.45) is 0. The third kappa shape index (κ3) is 4.11. The van der Waals surface area contributed by atoms with Gasteiger partial charge in [0.05, 0.1) is 33.2 Å². The summed E-state index contributed by atoms with van der Waals surface area (Å²) in [4.78, 5) is 15.9. The van der Waals surface area contributed by atoms with Gasteiger partial charge in [0.25, 0.3) is 5.91 Å². The Morgan fingerprint density at radius 2 is 1.70 bits per heavy atom. The normalized spacial score (nSPS) is 15.4. The van der Waals surface area contributed by atoms with Crippen LogP contribution in [0.5, 0.6) is 5.75 Å². The lowest BCUT2D eigenvalue weighted by molar-refractivity contribution is -0.883. The molecule has 0 aliphatic carbocycles. The van der Waals surface area contributed by atoms with Gasteiger partial charge in [0.2, 0.25) is 0 Å². The Kier molecular flexibility index (Phi) is 4.93. The Balaban J connectivity index is 1.57. The smallest absolute Gasteiger partial charge is 0.254 e. The number of piperazine rings is 1. The van der Waals surface area contributed by atoms with Crippen LogP contribution in [-0.2, 0) is 6.61 Å². The highest BCUT2D eigenvalue weighted by Gasteiger charge is 2.22. The number of nitrogens with zero attached hydrogens (tertiary/aromatic N) is 1. The van der Waals surface area contributed by atoms with Crippen molar-refractivity contribution in [3.8, 4) is 5.75 Å². The molecule has 1 aliphatic heterocycles. The standard InChI is InChI=1S/C19H22N2O2/c1-20-11-13-21(14-12-20)19(22)17-7-9-18(10-8-17)23-15-16-5-3-2-4-6-16/h2-10H,11-15H2,1H3/p+1. The van der Waals surface area contributed by atoms with Crippen LogP contribution in [0.2, 0.25) is 0 Å². The molecular formula is C19H23N2O2+. The Morgan fingerprint density at radius 1 is 1.04 bits per heavy atom. The molecule has 0 aromatic heterocycles.